The molecule has 1 aromatic heterocycles. The van der Waals surface area contributed by atoms with Crippen molar-refractivity contribution in [1.82, 2.24) is 19.7 Å². The van der Waals surface area contributed by atoms with Gasteiger partial charge in [0.25, 0.3) is 0 Å². The summed E-state index contributed by atoms with van der Waals surface area (Å²) in [5, 5.41) is 8.47. The van der Waals surface area contributed by atoms with Gasteiger partial charge >= 0.3 is 0 Å². The minimum atomic E-state index is 0.546. The molecule has 6 nitrogen and oxygen atoms in total. The number of benzene rings is 2. The first-order valence-electron chi connectivity index (χ1n) is 9.07. The second-order valence-corrected chi connectivity index (χ2v) is 7.34. The number of anilines is 3. The molecule has 4 rings (SSSR count). The predicted molar refractivity (Wildman–Crippen MR) is 111 cm³/mol. The summed E-state index contributed by atoms with van der Waals surface area (Å²) in [4.78, 5) is 9.15. The Morgan fingerprint density at radius 2 is 1.81 bits per heavy atom. The highest BCUT2D eigenvalue weighted by Gasteiger charge is 2.15. The van der Waals surface area contributed by atoms with Crippen LogP contribution < -0.4 is 10.2 Å². The molecule has 140 valence electrons. The van der Waals surface area contributed by atoms with Gasteiger partial charge in [-0.25, -0.2) is 4.68 Å². The number of aryl methyl sites for hydroxylation is 1. The first kappa shape index (κ1) is 17.8. The molecule has 0 spiro atoms. The van der Waals surface area contributed by atoms with Crippen LogP contribution in [0.3, 0.4) is 0 Å². The van der Waals surface area contributed by atoms with Crippen molar-refractivity contribution in [3.05, 3.63) is 59.4 Å². The van der Waals surface area contributed by atoms with E-state index in [9.17, 15) is 0 Å². The number of hydrogen-bond donors (Lipinski definition) is 1. The van der Waals surface area contributed by atoms with E-state index in [0.29, 0.717) is 11.0 Å². The molecule has 1 fully saturated rings. The summed E-state index contributed by atoms with van der Waals surface area (Å²) in [5.74, 6) is 0.546. The third kappa shape index (κ3) is 4.07. The molecule has 2 aromatic carbocycles. The largest absolute Gasteiger partial charge is 0.369 e. The zero-order valence-electron chi connectivity index (χ0n) is 15.6. The van der Waals surface area contributed by atoms with Crippen molar-refractivity contribution < 1.29 is 0 Å². The Balaban J connectivity index is 1.54. The van der Waals surface area contributed by atoms with E-state index in [1.807, 2.05) is 24.3 Å². The Labute approximate surface area is 164 Å². The summed E-state index contributed by atoms with van der Waals surface area (Å²) in [6.07, 6.45) is 1.67. The van der Waals surface area contributed by atoms with Crippen molar-refractivity contribution in [2.45, 2.75) is 6.92 Å². The second kappa shape index (κ2) is 7.58. The SMILES string of the molecule is Cc1cc(Nc2ncn(-c3ccccc3Cl)n2)cc(N2CCN(C)CC2)c1. The fraction of sp³-hybridized carbons (Fsp3) is 0.300. The fourth-order valence-corrected chi connectivity index (χ4v) is 3.51. The smallest absolute Gasteiger partial charge is 0.246 e. The van der Waals surface area contributed by atoms with Crippen LogP contribution in [0.15, 0.2) is 48.8 Å². The third-order valence-corrected chi connectivity index (χ3v) is 5.10. The first-order valence-corrected chi connectivity index (χ1v) is 9.45. The second-order valence-electron chi connectivity index (χ2n) is 6.94. The molecule has 27 heavy (non-hydrogen) atoms. The van der Waals surface area contributed by atoms with Gasteiger partial charge in [-0.05, 0) is 49.9 Å². The van der Waals surface area contributed by atoms with Crippen molar-refractivity contribution >= 4 is 28.9 Å². The van der Waals surface area contributed by atoms with Gasteiger partial charge in [-0.1, -0.05) is 23.7 Å². The van der Waals surface area contributed by atoms with Crippen molar-refractivity contribution in [1.29, 1.82) is 0 Å². The average molecular weight is 383 g/mol. The van der Waals surface area contributed by atoms with Gasteiger partial charge in [0, 0.05) is 37.6 Å². The molecule has 2 heterocycles. The van der Waals surface area contributed by atoms with Crippen LogP contribution >= 0.6 is 11.6 Å². The minimum Gasteiger partial charge on any atom is -0.369 e. The van der Waals surface area contributed by atoms with E-state index in [-0.39, 0.29) is 0 Å². The monoisotopic (exact) mass is 382 g/mol. The van der Waals surface area contributed by atoms with E-state index in [0.717, 1.165) is 37.6 Å². The molecule has 1 saturated heterocycles. The van der Waals surface area contributed by atoms with Crippen LogP contribution in [0.5, 0.6) is 0 Å². The molecule has 3 aromatic rings. The van der Waals surface area contributed by atoms with Crippen molar-refractivity contribution in [2.75, 3.05) is 43.4 Å². The van der Waals surface area contributed by atoms with Gasteiger partial charge in [0.2, 0.25) is 5.95 Å². The fourth-order valence-electron chi connectivity index (χ4n) is 3.29. The lowest BCUT2D eigenvalue weighted by atomic mass is 10.1. The van der Waals surface area contributed by atoms with Gasteiger partial charge in [-0.15, -0.1) is 5.10 Å². The van der Waals surface area contributed by atoms with Crippen LogP contribution in [-0.2, 0) is 0 Å². The van der Waals surface area contributed by atoms with E-state index in [2.05, 4.69) is 57.4 Å². The molecule has 1 aliphatic heterocycles. The van der Waals surface area contributed by atoms with Crippen molar-refractivity contribution in [2.24, 2.45) is 0 Å². The normalized spacial score (nSPS) is 15.1. The lowest BCUT2D eigenvalue weighted by Crippen LogP contribution is -2.44. The van der Waals surface area contributed by atoms with Crippen LogP contribution in [0.2, 0.25) is 5.02 Å². The quantitative estimate of drug-likeness (QED) is 0.745. The Kier molecular flexibility index (Phi) is 5.01. The number of halogens is 1. The van der Waals surface area contributed by atoms with Gasteiger partial charge in [0.15, 0.2) is 0 Å². The zero-order valence-corrected chi connectivity index (χ0v) is 16.3. The Bertz CT molecular complexity index is 930. The summed E-state index contributed by atoms with van der Waals surface area (Å²) < 4.78 is 1.68. The number of likely N-dealkylation sites (N-methyl/N-ethyl adjacent to an activating group) is 1. The summed E-state index contributed by atoms with van der Waals surface area (Å²) in [6, 6.07) is 14.1. The maximum atomic E-state index is 6.25. The summed E-state index contributed by atoms with van der Waals surface area (Å²) in [5.41, 5.74) is 4.23. The first-order chi connectivity index (χ1) is 13.1. The molecule has 1 aliphatic rings. The molecule has 1 N–H and O–H groups in total. The number of para-hydroxylation sites is 1. The average Bonchev–Trinajstić information content (AvgIpc) is 3.10. The Morgan fingerprint density at radius 3 is 2.59 bits per heavy atom. The molecule has 0 amide bonds. The predicted octanol–water partition coefficient (Wildman–Crippen LogP) is 3.72. The van der Waals surface area contributed by atoms with Crippen LogP contribution in [0.25, 0.3) is 5.69 Å². The minimum absolute atomic E-state index is 0.546. The number of nitrogens with one attached hydrogen (secondary N) is 1. The number of aromatic nitrogens is 3. The summed E-state index contributed by atoms with van der Waals surface area (Å²) in [7, 11) is 2.17. The van der Waals surface area contributed by atoms with E-state index < -0.39 is 0 Å². The van der Waals surface area contributed by atoms with E-state index in [1.54, 1.807) is 11.0 Å². The van der Waals surface area contributed by atoms with Gasteiger partial charge in [0.05, 0.1) is 10.7 Å². The molecule has 0 unspecified atom stereocenters. The van der Waals surface area contributed by atoms with Gasteiger partial charge < -0.3 is 15.1 Å². The highest BCUT2D eigenvalue weighted by molar-refractivity contribution is 6.32. The van der Waals surface area contributed by atoms with Crippen LogP contribution in [0.1, 0.15) is 5.56 Å². The number of piperazine rings is 1. The van der Waals surface area contributed by atoms with Crippen LogP contribution in [-0.4, -0.2) is 52.9 Å². The van der Waals surface area contributed by atoms with E-state index in [4.69, 9.17) is 11.6 Å². The molecular formula is C20H23ClN6. The third-order valence-electron chi connectivity index (χ3n) is 4.78. The zero-order chi connectivity index (χ0) is 18.8. The molecule has 0 saturated carbocycles. The van der Waals surface area contributed by atoms with Crippen LogP contribution in [0.4, 0.5) is 17.3 Å². The lowest BCUT2D eigenvalue weighted by molar-refractivity contribution is 0.313. The summed E-state index contributed by atoms with van der Waals surface area (Å²) >= 11 is 6.25. The van der Waals surface area contributed by atoms with Crippen LogP contribution in [0, 0.1) is 6.92 Å². The molecule has 0 bridgehead atoms. The van der Waals surface area contributed by atoms with Gasteiger partial charge in [0.1, 0.15) is 6.33 Å². The highest BCUT2D eigenvalue weighted by atomic mass is 35.5. The topological polar surface area (TPSA) is 49.2 Å². The van der Waals surface area contributed by atoms with Crippen molar-refractivity contribution in [3.63, 3.8) is 0 Å². The number of hydrogen-bond acceptors (Lipinski definition) is 5. The maximum absolute atomic E-state index is 6.25. The molecule has 7 heteroatoms. The van der Waals surface area contributed by atoms with E-state index >= 15 is 0 Å². The van der Waals surface area contributed by atoms with Crippen molar-refractivity contribution in [3.8, 4) is 5.69 Å². The number of nitrogens with zero attached hydrogens (tertiary/aromatic N) is 5. The number of rotatable bonds is 4. The molecule has 0 atom stereocenters. The standard InChI is InChI=1S/C20H23ClN6/c1-15-11-16(13-17(12-15)26-9-7-25(2)8-10-26)23-20-22-14-27(24-20)19-6-4-3-5-18(19)21/h3-6,11-14H,7-10H2,1-2H3,(H,23,24). The summed E-state index contributed by atoms with van der Waals surface area (Å²) in [6.45, 7) is 6.36. The highest BCUT2D eigenvalue weighted by Crippen LogP contribution is 2.25. The van der Waals surface area contributed by atoms with E-state index in [1.165, 1.54) is 11.3 Å². The molecule has 0 radical (unpaired) electrons. The Morgan fingerprint density at radius 1 is 1.04 bits per heavy atom. The lowest BCUT2D eigenvalue weighted by Gasteiger charge is -2.34. The molecular weight excluding hydrogens is 360 g/mol. The maximum Gasteiger partial charge on any atom is 0.246 e. The van der Waals surface area contributed by atoms with Gasteiger partial charge in [-0.3, -0.25) is 0 Å². The Hall–Kier alpha value is -2.57. The molecule has 0 aliphatic carbocycles. The van der Waals surface area contributed by atoms with Gasteiger partial charge in [-0.2, -0.15) is 4.98 Å².